The summed E-state index contributed by atoms with van der Waals surface area (Å²) in [6.45, 7) is 18.9. The number of allylic oxidation sites excluding steroid dienone is 1. The Kier molecular flexibility index (Phi) is 9.26. The molecule has 4 heteroatoms. The molecule has 3 rings (SSSR count). The van der Waals surface area contributed by atoms with E-state index < -0.39 is 0 Å². The van der Waals surface area contributed by atoms with Crippen molar-refractivity contribution in [3.8, 4) is 11.1 Å². The Labute approximate surface area is 202 Å². The standard InChI is InChI=1S/C23H27.C2H6Si.2ClH.Zr/c1-22(2,3)18-13-17(14-19(15-18)23(4,5)6)21-12-8-10-16-9-7-11-20(16)21;1-3-2;;;/h7-15H,1-6H3;1-2H3;2*1H;/q;;;;+2/p-2. The Hall–Kier alpha value is -0.140. The maximum atomic E-state index is 2.51. The van der Waals surface area contributed by atoms with E-state index in [-0.39, 0.29) is 64.0 Å². The van der Waals surface area contributed by atoms with Crippen molar-refractivity contribution in [2.45, 2.75) is 69.1 Å². The normalized spacial score (nSPS) is 15.4. The van der Waals surface area contributed by atoms with Gasteiger partial charge in [-0.2, -0.15) is 0 Å². The van der Waals surface area contributed by atoms with E-state index in [9.17, 15) is 0 Å². The fraction of sp³-hybridized carbons (Fsp3) is 0.440. The topological polar surface area (TPSA) is 0 Å². The molecule has 0 amide bonds. The number of hydrogen-bond acceptors (Lipinski definition) is 0. The summed E-state index contributed by atoms with van der Waals surface area (Å²) < 4.78 is 0.778. The first-order chi connectivity index (χ1) is 12.5. The van der Waals surface area contributed by atoms with Crippen molar-refractivity contribution in [1.82, 2.24) is 0 Å². The minimum atomic E-state index is -0.331. The van der Waals surface area contributed by atoms with Crippen LogP contribution in [0.4, 0.5) is 0 Å². The largest absolute Gasteiger partial charge is 1.00 e. The molecule has 1 atom stereocenters. The van der Waals surface area contributed by atoms with Crippen LogP contribution in [-0.4, -0.2) is 5.92 Å². The van der Waals surface area contributed by atoms with Crippen LogP contribution in [-0.2, 0) is 33.2 Å². The SMILES string of the molecule is C[Si](C)[Zr+2][CH]1C=Cc2c(-c3cc(C(C)(C)C)cc(C(C)(C)C)c3)cccc21.[Cl-].[Cl-]. The molecule has 0 spiro atoms. The van der Waals surface area contributed by atoms with E-state index in [1.54, 1.807) is 5.56 Å². The summed E-state index contributed by atoms with van der Waals surface area (Å²) in [5, 5.41) is 0. The molecule has 0 fully saturated rings. The van der Waals surface area contributed by atoms with E-state index in [1.807, 2.05) is 0 Å². The van der Waals surface area contributed by atoms with Gasteiger partial charge in [0.1, 0.15) is 0 Å². The monoisotopic (exact) mass is 521 g/mol. The Morgan fingerprint density at radius 1 is 0.828 bits per heavy atom. The summed E-state index contributed by atoms with van der Waals surface area (Å²) >= 11 is -0.331. The van der Waals surface area contributed by atoms with Gasteiger partial charge in [-0.25, -0.2) is 0 Å². The molecule has 0 heterocycles. The predicted octanol–water partition coefficient (Wildman–Crippen LogP) is 1.36. The molecular weight excluding hydrogens is 490 g/mol. The van der Waals surface area contributed by atoms with Gasteiger partial charge in [0.15, 0.2) is 0 Å². The van der Waals surface area contributed by atoms with Gasteiger partial charge in [0.25, 0.3) is 0 Å². The van der Waals surface area contributed by atoms with Crippen LogP contribution in [0.3, 0.4) is 0 Å². The van der Waals surface area contributed by atoms with Crippen LogP contribution >= 0.6 is 0 Å². The van der Waals surface area contributed by atoms with Gasteiger partial charge in [0, 0.05) is 0 Å². The molecule has 0 bridgehead atoms. The summed E-state index contributed by atoms with van der Waals surface area (Å²) in [6.07, 6.45) is 4.93. The Bertz CT molecular complexity index is 841. The van der Waals surface area contributed by atoms with Crippen LogP contribution in [0.2, 0.25) is 13.1 Å². The zero-order chi connectivity index (χ0) is 20.0. The van der Waals surface area contributed by atoms with Crippen LogP contribution in [0.5, 0.6) is 0 Å². The number of hydrogen-bond donors (Lipinski definition) is 0. The van der Waals surface area contributed by atoms with Gasteiger partial charge in [0.05, 0.1) is 0 Å². The van der Waals surface area contributed by atoms with Crippen molar-refractivity contribution in [3.05, 3.63) is 64.7 Å². The van der Waals surface area contributed by atoms with E-state index in [2.05, 4.69) is 103 Å². The number of fused-ring (bicyclic) bond motifs is 1. The quantitative estimate of drug-likeness (QED) is 0.533. The Morgan fingerprint density at radius 2 is 1.38 bits per heavy atom. The van der Waals surface area contributed by atoms with Crippen LogP contribution < -0.4 is 24.8 Å². The summed E-state index contributed by atoms with van der Waals surface area (Å²) in [5.41, 5.74) is 9.07. The van der Waals surface area contributed by atoms with Crippen molar-refractivity contribution < 1.29 is 47.2 Å². The van der Waals surface area contributed by atoms with E-state index in [4.69, 9.17) is 0 Å². The van der Waals surface area contributed by atoms with Crippen molar-refractivity contribution in [2.24, 2.45) is 0 Å². The maximum Gasteiger partial charge on any atom is -1.00 e. The molecule has 155 valence electrons. The molecule has 0 saturated heterocycles. The van der Waals surface area contributed by atoms with E-state index in [1.165, 1.54) is 27.8 Å². The van der Waals surface area contributed by atoms with Gasteiger partial charge < -0.3 is 24.8 Å². The second-order valence-electron chi connectivity index (χ2n) is 10.1. The third-order valence-corrected chi connectivity index (χ3v) is 14.0. The minimum absolute atomic E-state index is 0. The Morgan fingerprint density at radius 3 is 1.86 bits per heavy atom. The first kappa shape index (κ1) is 26.9. The zero-order valence-corrected chi connectivity index (χ0v) is 23.9. The van der Waals surface area contributed by atoms with Gasteiger partial charge in [0.2, 0.25) is 0 Å². The summed E-state index contributed by atoms with van der Waals surface area (Å²) in [5.74, 6) is -0.0687. The van der Waals surface area contributed by atoms with Crippen molar-refractivity contribution in [2.75, 3.05) is 0 Å². The average molecular weight is 524 g/mol. The first-order valence-electron chi connectivity index (χ1n) is 10.0. The van der Waals surface area contributed by atoms with Gasteiger partial charge >= 0.3 is 179 Å². The van der Waals surface area contributed by atoms with E-state index >= 15 is 0 Å². The van der Waals surface area contributed by atoms with Crippen LogP contribution in [0.15, 0.2) is 42.5 Å². The molecule has 1 radical (unpaired) electrons. The van der Waals surface area contributed by atoms with Crippen LogP contribution in [0.25, 0.3) is 17.2 Å². The summed E-state index contributed by atoms with van der Waals surface area (Å²) in [7, 11) is 0. The molecule has 0 N–H and O–H groups in total. The molecule has 1 aliphatic carbocycles. The molecule has 1 aliphatic rings. The minimum Gasteiger partial charge on any atom is -1.00 e. The summed E-state index contributed by atoms with van der Waals surface area (Å²) in [6, 6.07) is 14.3. The molecule has 0 saturated carbocycles. The third kappa shape index (κ3) is 6.19. The third-order valence-electron chi connectivity index (χ3n) is 5.35. The maximum absolute atomic E-state index is 2.51. The summed E-state index contributed by atoms with van der Waals surface area (Å²) in [4.78, 5) is 0. The molecule has 0 aromatic heterocycles. The van der Waals surface area contributed by atoms with Gasteiger partial charge in [-0.05, 0) is 0 Å². The fourth-order valence-corrected chi connectivity index (χ4v) is 11.8. The van der Waals surface area contributed by atoms with E-state index in [0.717, 1.165) is 3.63 Å². The van der Waals surface area contributed by atoms with Gasteiger partial charge in [-0.3, -0.25) is 0 Å². The molecule has 1 unspecified atom stereocenters. The molecule has 29 heavy (non-hydrogen) atoms. The van der Waals surface area contributed by atoms with Gasteiger partial charge in [-0.1, -0.05) is 0 Å². The van der Waals surface area contributed by atoms with E-state index in [0.29, 0.717) is 0 Å². The molecular formula is C25H33Cl2SiZr. The number of rotatable bonds is 3. The molecule has 2 aromatic rings. The Balaban J connectivity index is 0.00000210. The van der Waals surface area contributed by atoms with Gasteiger partial charge in [-0.15, -0.1) is 0 Å². The van der Waals surface area contributed by atoms with Crippen LogP contribution in [0.1, 0.15) is 67.4 Å². The van der Waals surface area contributed by atoms with Crippen LogP contribution in [0, 0.1) is 0 Å². The number of halogens is 2. The molecule has 0 nitrogen and oxygen atoms in total. The molecule has 0 aliphatic heterocycles. The van der Waals surface area contributed by atoms with Crippen molar-refractivity contribution in [3.63, 3.8) is 0 Å². The second-order valence-corrected chi connectivity index (χ2v) is 23.4. The first-order valence-corrected chi connectivity index (χ1v) is 17.6. The van der Waals surface area contributed by atoms with Crippen molar-refractivity contribution in [1.29, 1.82) is 0 Å². The van der Waals surface area contributed by atoms with Crippen molar-refractivity contribution >= 4 is 12.0 Å². The average Bonchev–Trinajstić information content (AvgIpc) is 2.95. The number of benzene rings is 2. The second kappa shape index (κ2) is 9.99. The molecule has 2 aromatic carbocycles. The smallest absolute Gasteiger partial charge is 1.00 e. The predicted molar refractivity (Wildman–Crippen MR) is 119 cm³/mol. The zero-order valence-electron chi connectivity index (χ0n) is 19.0. The fourth-order valence-electron chi connectivity index (χ4n) is 3.67.